The number of nitrogens with zero attached hydrogens (tertiary/aromatic N) is 1. The third-order valence-electron chi connectivity index (χ3n) is 5.22. The molecule has 9 nitrogen and oxygen atoms in total. The quantitative estimate of drug-likeness (QED) is 0.561. The number of amides is 5. The van der Waals surface area contributed by atoms with Crippen molar-refractivity contribution in [1.82, 2.24) is 10.6 Å². The minimum atomic E-state index is -1.20. The van der Waals surface area contributed by atoms with Gasteiger partial charge < -0.3 is 10.1 Å². The SMILES string of the molecule is C[C@@H](OC(=O)c1cccc(N2C(=O)CCC2=O)c1)C(=O)NC(=O)NC1CCCCC1. The summed E-state index contributed by atoms with van der Waals surface area (Å²) in [6, 6.07) is 5.32. The first-order chi connectivity index (χ1) is 14.3. The molecule has 5 amide bonds. The molecule has 1 atom stereocenters. The molecule has 1 saturated heterocycles. The fourth-order valence-electron chi connectivity index (χ4n) is 3.60. The Morgan fingerprint density at radius 1 is 1.07 bits per heavy atom. The summed E-state index contributed by atoms with van der Waals surface area (Å²) >= 11 is 0. The number of rotatable bonds is 5. The topological polar surface area (TPSA) is 122 Å². The van der Waals surface area contributed by atoms with Crippen LogP contribution in [0.15, 0.2) is 24.3 Å². The molecule has 2 N–H and O–H groups in total. The van der Waals surface area contributed by atoms with E-state index in [4.69, 9.17) is 4.74 Å². The molecule has 0 unspecified atom stereocenters. The van der Waals surface area contributed by atoms with Gasteiger partial charge in [-0.25, -0.2) is 9.59 Å². The van der Waals surface area contributed by atoms with E-state index in [0.29, 0.717) is 0 Å². The van der Waals surface area contributed by atoms with Gasteiger partial charge in [0.15, 0.2) is 6.10 Å². The van der Waals surface area contributed by atoms with Crippen molar-refractivity contribution in [3.8, 4) is 0 Å². The van der Waals surface area contributed by atoms with Crippen LogP contribution in [0.1, 0.15) is 62.2 Å². The Hall–Kier alpha value is -3.23. The molecule has 1 saturated carbocycles. The molecular formula is C21H25N3O6. The summed E-state index contributed by atoms with van der Waals surface area (Å²) in [6.45, 7) is 1.36. The van der Waals surface area contributed by atoms with E-state index in [-0.39, 0.29) is 41.9 Å². The highest BCUT2D eigenvalue weighted by Crippen LogP contribution is 2.24. The van der Waals surface area contributed by atoms with Crippen molar-refractivity contribution < 1.29 is 28.7 Å². The number of carbonyl (C=O) groups excluding carboxylic acids is 5. The van der Waals surface area contributed by atoms with Crippen molar-refractivity contribution in [2.45, 2.75) is 64.0 Å². The minimum absolute atomic E-state index is 0.0446. The van der Waals surface area contributed by atoms with Crippen LogP contribution in [0.4, 0.5) is 10.5 Å². The molecule has 3 rings (SSSR count). The maximum Gasteiger partial charge on any atom is 0.338 e. The summed E-state index contributed by atoms with van der Waals surface area (Å²) < 4.78 is 5.14. The average molecular weight is 415 g/mol. The molecule has 160 valence electrons. The average Bonchev–Trinajstić information content (AvgIpc) is 3.06. The predicted molar refractivity (Wildman–Crippen MR) is 107 cm³/mol. The largest absolute Gasteiger partial charge is 0.449 e. The van der Waals surface area contributed by atoms with Crippen molar-refractivity contribution in [2.24, 2.45) is 0 Å². The van der Waals surface area contributed by atoms with Crippen LogP contribution in [-0.4, -0.2) is 41.9 Å². The van der Waals surface area contributed by atoms with Gasteiger partial charge in [-0.15, -0.1) is 0 Å². The molecule has 2 aliphatic rings. The minimum Gasteiger partial charge on any atom is -0.449 e. The van der Waals surface area contributed by atoms with Crippen LogP contribution >= 0.6 is 0 Å². The number of nitrogens with one attached hydrogen (secondary N) is 2. The summed E-state index contributed by atoms with van der Waals surface area (Å²) in [6.07, 6.45) is 4.05. The lowest BCUT2D eigenvalue weighted by atomic mass is 9.96. The maximum absolute atomic E-state index is 12.4. The highest BCUT2D eigenvalue weighted by Gasteiger charge is 2.31. The zero-order valence-electron chi connectivity index (χ0n) is 16.8. The van der Waals surface area contributed by atoms with Crippen molar-refractivity contribution in [1.29, 1.82) is 0 Å². The van der Waals surface area contributed by atoms with Crippen LogP contribution in [0, 0.1) is 0 Å². The smallest absolute Gasteiger partial charge is 0.338 e. The van der Waals surface area contributed by atoms with Crippen molar-refractivity contribution in [2.75, 3.05) is 4.90 Å². The van der Waals surface area contributed by atoms with Gasteiger partial charge >= 0.3 is 12.0 Å². The van der Waals surface area contributed by atoms with Crippen LogP contribution in [0.2, 0.25) is 0 Å². The normalized spacial score (nSPS) is 18.1. The van der Waals surface area contributed by atoms with Gasteiger partial charge in [0.2, 0.25) is 11.8 Å². The third-order valence-corrected chi connectivity index (χ3v) is 5.22. The number of hydrogen-bond donors (Lipinski definition) is 2. The van der Waals surface area contributed by atoms with Crippen molar-refractivity contribution in [3.63, 3.8) is 0 Å². The molecule has 0 aromatic heterocycles. The van der Waals surface area contributed by atoms with Crippen LogP contribution in [-0.2, 0) is 19.1 Å². The Morgan fingerprint density at radius 2 is 1.73 bits per heavy atom. The van der Waals surface area contributed by atoms with E-state index in [1.54, 1.807) is 6.07 Å². The summed E-state index contributed by atoms with van der Waals surface area (Å²) in [7, 11) is 0. The zero-order chi connectivity index (χ0) is 21.7. The second-order valence-electron chi connectivity index (χ2n) is 7.52. The molecule has 9 heteroatoms. The number of urea groups is 1. The molecular weight excluding hydrogens is 390 g/mol. The Kier molecular flexibility index (Phi) is 6.81. The van der Waals surface area contributed by atoms with E-state index in [9.17, 15) is 24.0 Å². The van der Waals surface area contributed by atoms with Crippen molar-refractivity contribution >= 4 is 35.4 Å². The molecule has 1 aliphatic heterocycles. The highest BCUT2D eigenvalue weighted by molar-refractivity contribution is 6.20. The summed E-state index contributed by atoms with van der Waals surface area (Å²) in [5.41, 5.74) is 0.368. The third kappa shape index (κ3) is 5.22. The molecule has 1 aromatic carbocycles. The Morgan fingerprint density at radius 3 is 2.40 bits per heavy atom. The van der Waals surface area contributed by atoms with E-state index in [0.717, 1.165) is 37.0 Å². The number of carbonyl (C=O) groups is 5. The van der Waals surface area contributed by atoms with E-state index in [2.05, 4.69) is 10.6 Å². The van der Waals surface area contributed by atoms with E-state index >= 15 is 0 Å². The lowest BCUT2D eigenvalue weighted by Crippen LogP contribution is -2.48. The van der Waals surface area contributed by atoms with Gasteiger partial charge in [-0.05, 0) is 38.0 Å². The van der Waals surface area contributed by atoms with E-state index in [1.165, 1.54) is 25.1 Å². The predicted octanol–water partition coefficient (Wildman–Crippen LogP) is 2.04. The fraction of sp³-hybridized carbons (Fsp3) is 0.476. The maximum atomic E-state index is 12.4. The Labute approximate surface area is 174 Å². The molecule has 1 aliphatic carbocycles. The van der Waals surface area contributed by atoms with Crippen LogP contribution in [0.5, 0.6) is 0 Å². The Balaban J connectivity index is 1.55. The second kappa shape index (κ2) is 9.51. The molecule has 1 heterocycles. The lowest BCUT2D eigenvalue weighted by Gasteiger charge is -2.23. The van der Waals surface area contributed by atoms with E-state index < -0.39 is 24.0 Å². The number of hydrogen-bond acceptors (Lipinski definition) is 6. The second-order valence-corrected chi connectivity index (χ2v) is 7.52. The first-order valence-corrected chi connectivity index (χ1v) is 10.1. The summed E-state index contributed by atoms with van der Waals surface area (Å²) in [4.78, 5) is 61.3. The molecule has 2 fully saturated rings. The molecule has 0 bridgehead atoms. The standard InChI is InChI=1S/C21H25N3O6/c1-13(19(27)23-21(29)22-15-7-3-2-4-8-15)30-20(28)14-6-5-9-16(12-14)24-17(25)10-11-18(24)26/h5-6,9,12-13,15H,2-4,7-8,10-11H2,1H3,(H2,22,23,27,29)/t13-/m1/s1. The lowest BCUT2D eigenvalue weighted by molar-refractivity contribution is -0.128. The van der Waals surface area contributed by atoms with Gasteiger partial charge in [-0.2, -0.15) is 0 Å². The molecule has 1 aromatic rings. The highest BCUT2D eigenvalue weighted by atomic mass is 16.5. The van der Waals surface area contributed by atoms with Gasteiger partial charge in [0.1, 0.15) is 0 Å². The molecule has 0 spiro atoms. The molecule has 30 heavy (non-hydrogen) atoms. The first kappa shape index (κ1) is 21.5. The van der Waals surface area contributed by atoms with Gasteiger partial charge in [0, 0.05) is 18.9 Å². The van der Waals surface area contributed by atoms with Crippen LogP contribution in [0.3, 0.4) is 0 Å². The molecule has 0 radical (unpaired) electrons. The number of anilines is 1. The van der Waals surface area contributed by atoms with Crippen LogP contribution < -0.4 is 15.5 Å². The zero-order valence-corrected chi connectivity index (χ0v) is 16.8. The van der Waals surface area contributed by atoms with Gasteiger partial charge in [-0.3, -0.25) is 24.6 Å². The number of benzene rings is 1. The van der Waals surface area contributed by atoms with Gasteiger partial charge in [-0.1, -0.05) is 25.3 Å². The fourth-order valence-corrected chi connectivity index (χ4v) is 3.60. The summed E-state index contributed by atoms with van der Waals surface area (Å²) in [5.74, 6) is -2.20. The Bertz CT molecular complexity index is 846. The first-order valence-electron chi connectivity index (χ1n) is 10.1. The monoisotopic (exact) mass is 415 g/mol. The number of esters is 1. The van der Waals surface area contributed by atoms with Crippen molar-refractivity contribution in [3.05, 3.63) is 29.8 Å². The van der Waals surface area contributed by atoms with Crippen LogP contribution in [0.25, 0.3) is 0 Å². The number of imide groups is 2. The van der Waals surface area contributed by atoms with Gasteiger partial charge in [0.25, 0.3) is 5.91 Å². The van der Waals surface area contributed by atoms with E-state index in [1.807, 2.05) is 0 Å². The van der Waals surface area contributed by atoms with Gasteiger partial charge in [0.05, 0.1) is 11.3 Å². The number of ether oxygens (including phenoxy) is 1. The summed E-state index contributed by atoms with van der Waals surface area (Å²) in [5, 5.41) is 4.94.